The fourth-order valence-corrected chi connectivity index (χ4v) is 5.72. The van der Waals surface area contributed by atoms with Gasteiger partial charge < -0.3 is 14.7 Å². The standard InChI is InChI=1S/C24H32N2O5S/c1-5-24(28)25(4)15-22-17(2)14-26(18(3)16-27)32(29,30)23-12-11-20(13-21(23)31-22)19-9-7-6-8-10-19/h6-13,17-18,22,27H,5,14-16H2,1-4H3/t17-,18+,22+/m0/s1. The maximum atomic E-state index is 13.5. The van der Waals surface area contributed by atoms with Crippen molar-refractivity contribution in [3.05, 3.63) is 48.5 Å². The molecule has 1 aliphatic rings. The molecule has 32 heavy (non-hydrogen) atoms. The topological polar surface area (TPSA) is 87.2 Å². The second kappa shape index (κ2) is 10.0. The normalized spacial score (nSPS) is 21.5. The fraction of sp³-hybridized carbons (Fsp3) is 0.458. The predicted octanol–water partition coefficient (Wildman–Crippen LogP) is 2.99. The van der Waals surface area contributed by atoms with Crippen molar-refractivity contribution in [1.29, 1.82) is 0 Å². The van der Waals surface area contributed by atoms with E-state index in [2.05, 4.69) is 0 Å². The Hall–Kier alpha value is -2.42. The van der Waals surface area contributed by atoms with Crippen molar-refractivity contribution in [2.24, 2.45) is 5.92 Å². The smallest absolute Gasteiger partial charge is 0.247 e. The first-order valence-electron chi connectivity index (χ1n) is 10.9. The Kier molecular flexibility index (Phi) is 7.59. The highest BCUT2D eigenvalue weighted by atomic mass is 32.2. The average Bonchev–Trinajstić information content (AvgIpc) is 2.80. The van der Waals surface area contributed by atoms with Gasteiger partial charge in [0.25, 0.3) is 0 Å². The quantitative estimate of drug-likeness (QED) is 0.716. The molecule has 174 valence electrons. The van der Waals surface area contributed by atoms with E-state index in [1.807, 2.05) is 37.3 Å². The summed E-state index contributed by atoms with van der Waals surface area (Å²) in [4.78, 5) is 13.9. The largest absolute Gasteiger partial charge is 0.487 e. The van der Waals surface area contributed by atoms with Crippen LogP contribution in [-0.4, -0.2) is 67.5 Å². The van der Waals surface area contributed by atoms with Crippen LogP contribution in [0.1, 0.15) is 27.2 Å². The minimum Gasteiger partial charge on any atom is -0.487 e. The summed E-state index contributed by atoms with van der Waals surface area (Å²) < 4.78 is 34.7. The molecule has 1 aliphatic heterocycles. The van der Waals surface area contributed by atoms with Gasteiger partial charge in [-0.1, -0.05) is 50.2 Å². The highest BCUT2D eigenvalue weighted by Crippen LogP contribution is 2.36. The first-order valence-corrected chi connectivity index (χ1v) is 12.4. The van der Waals surface area contributed by atoms with Gasteiger partial charge in [-0.3, -0.25) is 4.79 Å². The lowest BCUT2D eigenvalue weighted by Crippen LogP contribution is -2.50. The number of fused-ring (bicyclic) bond motifs is 1. The number of hydrogen-bond acceptors (Lipinski definition) is 5. The van der Waals surface area contributed by atoms with Crippen molar-refractivity contribution in [2.75, 3.05) is 26.7 Å². The minimum absolute atomic E-state index is 0.00526. The summed E-state index contributed by atoms with van der Waals surface area (Å²) in [5.74, 6) is 0.0455. The summed E-state index contributed by atoms with van der Waals surface area (Å²) in [6, 6.07) is 14.2. The molecule has 2 aromatic carbocycles. The lowest BCUT2D eigenvalue weighted by molar-refractivity contribution is -0.131. The number of aliphatic hydroxyl groups excluding tert-OH is 1. The third-order valence-electron chi connectivity index (χ3n) is 5.96. The van der Waals surface area contributed by atoms with Crippen LogP contribution in [-0.2, 0) is 14.8 Å². The second-order valence-electron chi connectivity index (χ2n) is 8.40. The maximum Gasteiger partial charge on any atom is 0.247 e. The number of benzene rings is 2. The molecule has 1 N–H and O–H groups in total. The van der Waals surface area contributed by atoms with Crippen LogP contribution in [0.25, 0.3) is 11.1 Å². The number of nitrogens with zero attached hydrogens (tertiary/aromatic N) is 2. The number of carbonyl (C=O) groups excluding carboxylic acids is 1. The lowest BCUT2D eigenvalue weighted by Gasteiger charge is -2.37. The van der Waals surface area contributed by atoms with E-state index in [1.165, 1.54) is 4.31 Å². The number of hydrogen-bond donors (Lipinski definition) is 1. The first-order chi connectivity index (χ1) is 15.2. The van der Waals surface area contributed by atoms with Gasteiger partial charge in [-0.2, -0.15) is 4.31 Å². The Morgan fingerprint density at radius 2 is 1.91 bits per heavy atom. The molecule has 0 aliphatic carbocycles. The van der Waals surface area contributed by atoms with E-state index in [-0.39, 0.29) is 35.6 Å². The maximum absolute atomic E-state index is 13.5. The van der Waals surface area contributed by atoms with Crippen molar-refractivity contribution in [3.63, 3.8) is 0 Å². The molecule has 0 saturated carbocycles. The molecule has 1 amide bonds. The number of likely N-dealkylation sites (N-methyl/N-ethyl adjacent to an activating group) is 1. The average molecular weight is 461 g/mol. The number of ether oxygens (including phenoxy) is 1. The van der Waals surface area contributed by atoms with Gasteiger partial charge in [-0.25, -0.2) is 8.42 Å². The van der Waals surface area contributed by atoms with Gasteiger partial charge in [0.2, 0.25) is 15.9 Å². The van der Waals surface area contributed by atoms with Crippen LogP contribution in [0.5, 0.6) is 5.75 Å². The summed E-state index contributed by atoms with van der Waals surface area (Å²) in [5, 5.41) is 9.73. The second-order valence-corrected chi connectivity index (χ2v) is 10.3. The van der Waals surface area contributed by atoms with Crippen LogP contribution in [0.2, 0.25) is 0 Å². The van der Waals surface area contributed by atoms with Gasteiger partial charge in [-0.05, 0) is 30.2 Å². The van der Waals surface area contributed by atoms with Crippen LogP contribution in [0.3, 0.4) is 0 Å². The van der Waals surface area contributed by atoms with Crippen molar-refractivity contribution in [3.8, 4) is 16.9 Å². The zero-order valence-electron chi connectivity index (χ0n) is 19.1. The molecular formula is C24H32N2O5S. The molecule has 2 aromatic rings. The molecule has 0 radical (unpaired) electrons. The van der Waals surface area contributed by atoms with Crippen LogP contribution in [0, 0.1) is 5.92 Å². The Labute approximate surface area is 190 Å². The molecule has 0 bridgehead atoms. The SMILES string of the molecule is CCC(=O)N(C)C[C@H]1Oc2cc(-c3ccccc3)ccc2S(=O)(=O)N([C@H](C)CO)C[C@@H]1C. The molecule has 8 heteroatoms. The van der Waals surface area contributed by atoms with E-state index in [1.54, 1.807) is 44.0 Å². The van der Waals surface area contributed by atoms with E-state index in [0.717, 1.165) is 11.1 Å². The first kappa shape index (κ1) is 24.2. The molecule has 0 aromatic heterocycles. The Morgan fingerprint density at radius 3 is 2.53 bits per heavy atom. The highest BCUT2D eigenvalue weighted by molar-refractivity contribution is 7.89. The molecule has 3 rings (SSSR count). The summed E-state index contributed by atoms with van der Waals surface area (Å²) in [5.41, 5.74) is 1.79. The highest BCUT2D eigenvalue weighted by Gasteiger charge is 2.38. The lowest BCUT2D eigenvalue weighted by atomic mass is 10.0. The third kappa shape index (κ3) is 4.98. The van der Waals surface area contributed by atoms with E-state index >= 15 is 0 Å². The third-order valence-corrected chi connectivity index (χ3v) is 7.98. The molecule has 7 nitrogen and oxygen atoms in total. The number of amides is 1. The summed E-state index contributed by atoms with van der Waals surface area (Å²) in [7, 11) is -2.16. The van der Waals surface area contributed by atoms with Crippen LogP contribution in [0.15, 0.2) is 53.4 Å². The molecule has 1 heterocycles. The summed E-state index contributed by atoms with van der Waals surface area (Å²) >= 11 is 0. The number of sulfonamides is 1. The number of aliphatic hydroxyl groups is 1. The minimum atomic E-state index is -3.89. The van der Waals surface area contributed by atoms with Crippen molar-refractivity contribution < 1.29 is 23.1 Å². The van der Waals surface area contributed by atoms with Crippen LogP contribution < -0.4 is 4.74 Å². The van der Waals surface area contributed by atoms with Crippen molar-refractivity contribution >= 4 is 15.9 Å². The van der Waals surface area contributed by atoms with Gasteiger partial charge in [0.05, 0.1) is 13.2 Å². The Balaban J connectivity index is 2.11. The van der Waals surface area contributed by atoms with E-state index in [4.69, 9.17) is 4.74 Å². The van der Waals surface area contributed by atoms with Gasteiger partial charge in [0.15, 0.2) is 0 Å². The molecule has 0 saturated heterocycles. The summed E-state index contributed by atoms with van der Waals surface area (Å²) in [6.45, 7) is 5.64. The predicted molar refractivity (Wildman–Crippen MR) is 124 cm³/mol. The van der Waals surface area contributed by atoms with E-state index in [0.29, 0.717) is 13.0 Å². The van der Waals surface area contributed by atoms with Gasteiger partial charge in [0, 0.05) is 32.0 Å². The Morgan fingerprint density at radius 1 is 1.22 bits per heavy atom. The zero-order valence-corrected chi connectivity index (χ0v) is 19.9. The molecule has 0 spiro atoms. The monoisotopic (exact) mass is 460 g/mol. The summed E-state index contributed by atoms with van der Waals surface area (Å²) in [6.07, 6.45) is -0.0295. The number of carbonyl (C=O) groups is 1. The molecule has 0 unspecified atom stereocenters. The van der Waals surface area contributed by atoms with Gasteiger partial charge >= 0.3 is 0 Å². The van der Waals surface area contributed by atoms with Crippen molar-refractivity contribution in [1.82, 2.24) is 9.21 Å². The van der Waals surface area contributed by atoms with Crippen LogP contribution >= 0.6 is 0 Å². The zero-order chi connectivity index (χ0) is 23.5. The fourth-order valence-electron chi connectivity index (χ4n) is 3.90. The Bertz CT molecular complexity index is 1040. The number of rotatable bonds is 6. The van der Waals surface area contributed by atoms with E-state index in [9.17, 15) is 18.3 Å². The van der Waals surface area contributed by atoms with Gasteiger partial charge in [0.1, 0.15) is 16.7 Å². The molecular weight excluding hydrogens is 428 g/mol. The van der Waals surface area contributed by atoms with Gasteiger partial charge in [-0.15, -0.1) is 0 Å². The van der Waals surface area contributed by atoms with Crippen molar-refractivity contribution in [2.45, 2.75) is 44.2 Å². The van der Waals surface area contributed by atoms with E-state index < -0.39 is 22.2 Å². The van der Waals surface area contributed by atoms with Crippen LogP contribution in [0.4, 0.5) is 0 Å². The molecule has 0 fully saturated rings. The molecule has 3 atom stereocenters.